The van der Waals surface area contributed by atoms with E-state index in [4.69, 9.17) is 5.10 Å². The van der Waals surface area contributed by atoms with Crippen molar-refractivity contribution in [2.24, 2.45) is 5.92 Å². The Morgan fingerprint density at radius 3 is 2.77 bits per heavy atom. The first-order valence-electron chi connectivity index (χ1n) is 9.27. The Morgan fingerprint density at radius 1 is 1.19 bits per heavy atom. The minimum absolute atomic E-state index is 0.0497. The van der Waals surface area contributed by atoms with Crippen molar-refractivity contribution in [3.8, 4) is 0 Å². The monoisotopic (exact) mass is 351 g/mol. The fourth-order valence-corrected chi connectivity index (χ4v) is 3.88. The number of H-pyrrole nitrogens is 1. The summed E-state index contributed by atoms with van der Waals surface area (Å²) in [5.74, 6) is 0.477. The minimum Gasteiger partial charge on any atom is -0.325 e. The van der Waals surface area contributed by atoms with E-state index in [1.165, 1.54) is 0 Å². The first-order chi connectivity index (χ1) is 12.7. The van der Waals surface area contributed by atoms with Crippen molar-refractivity contribution in [3.63, 3.8) is 0 Å². The van der Waals surface area contributed by atoms with Crippen LogP contribution in [0, 0.1) is 5.92 Å². The van der Waals surface area contributed by atoms with Crippen LogP contribution >= 0.6 is 0 Å². The molecule has 26 heavy (non-hydrogen) atoms. The number of piperidine rings is 1. The maximum atomic E-state index is 12.3. The Bertz CT molecular complexity index is 1060. The van der Waals surface area contributed by atoms with Gasteiger partial charge < -0.3 is 15.6 Å². The molecule has 2 aliphatic rings. The summed E-state index contributed by atoms with van der Waals surface area (Å²) in [6, 6.07) is 7.34. The number of amides is 1. The van der Waals surface area contributed by atoms with Crippen molar-refractivity contribution >= 4 is 28.1 Å². The van der Waals surface area contributed by atoms with E-state index in [0.29, 0.717) is 17.3 Å². The molecule has 3 heterocycles. The maximum absolute atomic E-state index is 12.3. The number of carbonyl (C=O) groups excluding carboxylic acids is 1. The lowest BCUT2D eigenvalue weighted by Crippen LogP contribution is -2.28. The predicted octanol–water partition coefficient (Wildman–Crippen LogP) is 1.99. The molecule has 7 heteroatoms. The van der Waals surface area contributed by atoms with Crippen molar-refractivity contribution in [1.82, 2.24) is 19.9 Å². The molecule has 1 saturated heterocycles. The lowest BCUT2D eigenvalue weighted by molar-refractivity contribution is -0.117. The minimum atomic E-state index is -0.129. The summed E-state index contributed by atoms with van der Waals surface area (Å²) in [4.78, 5) is 27.5. The van der Waals surface area contributed by atoms with Gasteiger partial charge in [0.15, 0.2) is 0 Å². The molecule has 0 bridgehead atoms. The van der Waals surface area contributed by atoms with Crippen LogP contribution < -0.4 is 16.2 Å². The van der Waals surface area contributed by atoms with Gasteiger partial charge in [-0.2, -0.15) is 5.10 Å². The largest absolute Gasteiger partial charge is 0.325 e. The fourth-order valence-electron chi connectivity index (χ4n) is 3.88. The number of carbonyl (C=O) groups is 1. The van der Waals surface area contributed by atoms with Gasteiger partial charge in [0.05, 0.1) is 22.3 Å². The van der Waals surface area contributed by atoms with Gasteiger partial charge in [-0.1, -0.05) is 6.07 Å². The van der Waals surface area contributed by atoms with Gasteiger partial charge in [-0.05, 0) is 50.9 Å². The van der Waals surface area contributed by atoms with Crippen LogP contribution in [0.4, 0.5) is 5.69 Å². The smallest absolute Gasteiger partial charge is 0.251 e. The van der Waals surface area contributed by atoms with Gasteiger partial charge in [0, 0.05) is 17.9 Å². The molecule has 1 aliphatic carbocycles. The van der Waals surface area contributed by atoms with E-state index in [0.717, 1.165) is 55.4 Å². The zero-order valence-corrected chi connectivity index (χ0v) is 14.4. The number of nitrogens with zero attached hydrogens (tertiary/aromatic N) is 2. The Balaban J connectivity index is 1.69. The molecule has 0 radical (unpaired) electrons. The van der Waals surface area contributed by atoms with Crippen molar-refractivity contribution in [3.05, 3.63) is 40.3 Å². The van der Waals surface area contributed by atoms with Gasteiger partial charge in [-0.15, -0.1) is 0 Å². The highest BCUT2D eigenvalue weighted by molar-refractivity contribution is 6.08. The predicted molar refractivity (Wildman–Crippen MR) is 99.5 cm³/mol. The molecular formula is C19H21N5O2. The van der Waals surface area contributed by atoms with E-state index in [2.05, 4.69) is 15.6 Å². The molecule has 1 aliphatic heterocycles. The summed E-state index contributed by atoms with van der Waals surface area (Å²) in [7, 11) is 0. The molecule has 2 fully saturated rings. The molecule has 3 aromatic rings. The van der Waals surface area contributed by atoms with Gasteiger partial charge in [0.1, 0.15) is 5.65 Å². The molecule has 134 valence electrons. The number of rotatable bonds is 3. The summed E-state index contributed by atoms with van der Waals surface area (Å²) in [5.41, 5.74) is 2.97. The number of aromatic nitrogens is 3. The van der Waals surface area contributed by atoms with Crippen LogP contribution in [-0.2, 0) is 4.79 Å². The van der Waals surface area contributed by atoms with Crippen molar-refractivity contribution in [2.45, 2.75) is 31.6 Å². The second-order valence-electron chi connectivity index (χ2n) is 7.31. The number of hydrogen-bond acceptors (Lipinski definition) is 4. The number of hydrogen-bond donors (Lipinski definition) is 3. The van der Waals surface area contributed by atoms with Gasteiger partial charge >= 0.3 is 0 Å². The number of fused-ring (bicyclic) bond motifs is 3. The molecule has 0 spiro atoms. The van der Waals surface area contributed by atoms with E-state index in [1.54, 1.807) is 6.07 Å². The van der Waals surface area contributed by atoms with Crippen LogP contribution in [0.3, 0.4) is 0 Å². The fraction of sp³-hybridized carbons (Fsp3) is 0.421. The first kappa shape index (κ1) is 15.6. The van der Waals surface area contributed by atoms with Crippen LogP contribution in [0.5, 0.6) is 0 Å². The summed E-state index contributed by atoms with van der Waals surface area (Å²) in [5, 5.41) is 11.9. The molecule has 1 amide bonds. The summed E-state index contributed by atoms with van der Waals surface area (Å²) in [6.45, 7) is 1.89. The topological polar surface area (TPSA) is 91.3 Å². The van der Waals surface area contributed by atoms with Gasteiger partial charge in [0.25, 0.3) is 5.56 Å². The Kier molecular flexibility index (Phi) is 3.56. The average Bonchev–Trinajstić information content (AvgIpc) is 3.44. The summed E-state index contributed by atoms with van der Waals surface area (Å²) in [6.07, 6.45) is 3.88. The third-order valence-corrected chi connectivity index (χ3v) is 5.43. The lowest BCUT2D eigenvalue weighted by atomic mass is 9.94. The maximum Gasteiger partial charge on any atom is 0.251 e. The zero-order valence-electron chi connectivity index (χ0n) is 14.4. The highest BCUT2D eigenvalue weighted by atomic mass is 16.2. The number of benzene rings is 1. The van der Waals surface area contributed by atoms with E-state index >= 15 is 0 Å². The molecule has 0 unspecified atom stereocenters. The van der Waals surface area contributed by atoms with Crippen molar-refractivity contribution in [2.75, 3.05) is 18.4 Å². The van der Waals surface area contributed by atoms with E-state index < -0.39 is 0 Å². The zero-order chi connectivity index (χ0) is 17.7. The number of aromatic amines is 1. The lowest BCUT2D eigenvalue weighted by Gasteiger charge is -2.23. The summed E-state index contributed by atoms with van der Waals surface area (Å²) >= 11 is 0. The third-order valence-electron chi connectivity index (χ3n) is 5.43. The van der Waals surface area contributed by atoms with E-state index in [9.17, 15) is 9.59 Å². The van der Waals surface area contributed by atoms with Crippen LogP contribution in [0.1, 0.15) is 37.3 Å². The normalized spacial score (nSPS) is 18.5. The molecule has 5 rings (SSSR count). The second-order valence-corrected chi connectivity index (χ2v) is 7.31. The molecule has 0 atom stereocenters. The van der Waals surface area contributed by atoms with Gasteiger partial charge in [-0.3, -0.25) is 9.59 Å². The Morgan fingerprint density at radius 2 is 2.00 bits per heavy atom. The molecule has 1 aromatic carbocycles. The first-order valence-corrected chi connectivity index (χ1v) is 9.27. The quantitative estimate of drug-likeness (QED) is 0.673. The highest BCUT2D eigenvalue weighted by Crippen LogP contribution is 2.33. The molecule has 7 nitrogen and oxygen atoms in total. The van der Waals surface area contributed by atoms with Crippen molar-refractivity contribution < 1.29 is 4.79 Å². The second kappa shape index (κ2) is 5.95. The summed E-state index contributed by atoms with van der Waals surface area (Å²) < 4.78 is 1.86. The van der Waals surface area contributed by atoms with Crippen LogP contribution in [0.25, 0.3) is 16.6 Å². The van der Waals surface area contributed by atoms with Gasteiger partial charge in [0.2, 0.25) is 5.91 Å². The van der Waals surface area contributed by atoms with E-state index in [-0.39, 0.29) is 17.4 Å². The molecule has 1 saturated carbocycles. The molecule has 2 aromatic heterocycles. The van der Waals surface area contributed by atoms with Crippen LogP contribution in [-0.4, -0.2) is 33.6 Å². The van der Waals surface area contributed by atoms with E-state index in [1.807, 2.05) is 22.7 Å². The number of nitrogens with one attached hydrogen (secondary N) is 3. The third kappa shape index (κ3) is 2.59. The molecule has 3 N–H and O–H groups in total. The number of anilines is 1. The standard InChI is InChI=1S/C19H21N5O2/c25-16-10-15(11-6-8-20-9-7-11)24-18(22-16)17-13(2-1-3-14(17)23-24)21-19(26)12-4-5-12/h1-3,10-12,20H,4-9H2,(H,21,26)(H,22,25). The Labute approximate surface area is 149 Å². The van der Waals surface area contributed by atoms with Gasteiger partial charge in [-0.25, -0.2) is 4.52 Å². The van der Waals surface area contributed by atoms with Crippen LogP contribution in [0.2, 0.25) is 0 Å². The van der Waals surface area contributed by atoms with Crippen LogP contribution in [0.15, 0.2) is 29.1 Å². The Hall–Kier alpha value is -2.67. The highest BCUT2D eigenvalue weighted by Gasteiger charge is 2.30. The molecular weight excluding hydrogens is 330 g/mol. The van der Waals surface area contributed by atoms with Crippen molar-refractivity contribution in [1.29, 1.82) is 0 Å². The SMILES string of the molecule is O=C(Nc1cccc2nn3c(C4CCNCC4)cc(=O)[nH]c3c12)C1CC1. The average molecular weight is 351 g/mol.